The van der Waals surface area contributed by atoms with Crippen molar-refractivity contribution < 1.29 is 0 Å². The van der Waals surface area contributed by atoms with E-state index < -0.39 is 0 Å². The Balaban J connectivity index is 2.48. The predicted molar refractivity (Wildman–Crippen MR) is 62.1 cm³/mol. The van der Waals surface area contributed by atoms with Gasteiger partial charge >= 0.3 is 0 Å². The van der Waals surface area contributed by atoms with E-state index in [0.717, 1.165) is 18.9 Å². The van der Waals surface area contributed by atoms with Crippen molar-refractivity contribution in [3.63, 3.8) is 0 Å². The third-order valence-corrected chi connectivity index (χ3v) is 2.51. The first-order valence-electron chi connectivity index (χ1n) is 5.46. The van der Waals surface area contributed by atoms with Crippen LogP contribution in [0.2, 0.25) is 0 Å². The lowest BCUT2D eigenvalue weighted by atomic mass is 9.91. The molecule has 14 heavy (non-hydrogen) atoms. The van der Waals surface area contributed by atoms with Crippen molar-refractivity contribution in [2.24, 2.45) is 17.6 Å². The summed E-state index contributed by atoms with van der Waals surface area (Å²) in [6, 6.07) is 10.6. The zero-order valence-corrected chi connectivity index (χ0v) is 9.24. The van der Waals surface area contributed by atoms with Gasteiger partial charge in [-0.05, 0) is 36.8 Å². The fourth-order valence-corrected chi connectivity index (χ4v) is 1.88. The van der Waals surface area contributed by atoms with Crippen LogP contribution in [0.5, 0.6) is 0 Å². The van der Waals surface area contributed by atoms with Crippen molar-refractivity contribution in [2.45, 2.75) is 26.7 Å². The number of rotatable bonds is 5. The van der Waals surface area contributed by atoms with Crippen LogP contribution in [0, 0.1) is 11.8 Å². The zero-order valence-electron chi connectivity index (χ0n) is 9.24. The van der Waals surface area contributed by atoms with Gasteiger partial charge in [0.25, 0.3) is 0 Å². The van der Waals surface area contributed by atoms with Crippen LogP contribution in [0.3, 0.4) is 0 Å². The molecule has 0 amide bonds. The SMILES string of the molecule is CC(C)C[C@@H](CN)Cc1ccccc1. The molecule has 0 fully saturated rings. The van der Waals surface area contributed by atoms with Crippen LogP contribution in [0.4, 0.5) is 0 Å². The van der Waals surface area contributed by atoms with E-state index >= 15 is 0 Å². The molecule has 0 unspecified atom stereocenters. The fourth-order valence-electron chi connectivity index (χ4n) is 1.88. The van der Waals surface area contributed by atoms with Crippen molar-refractivity contribution >= 4 is 0 Å². The molecule has 0 aliphatic rings. The maximum atomic E-state index is 5.77. The Labute approximate surface area is 87.3 Å². The molecule has 1 aromatic rings. The van der Waals surface area contributed by atoms with Gasteiger partial charge < -0.3 is 5.73 Å². The van der Waals surface area contributed by atoms with Gasteiger partial charge in [0, 0.05) is 0 Å². The summed E-state index contributed by atoms with van der Waals surface area (Å²) >= 11 is 0. The van der Waals surface area contributed by atoms with E-state index in [4.69, 9.17) is 5.73 Å². The monoisotopic (exact) mass is 191 g/mol. The quantitative estimate of drug-likeness (QED) is 0.761. The molecular formula is C13H21N. The number of hydrogen-bond donors (Lipinski definition) is 1. The van der Waals surface area contributed by atoms with Crippen molar-refractivity contribution in [2.75, 3.05) is 6.54 Å². The largest absolute Gasteiger partial charge is 0.330 e. The minimum absolute atomic E-state index is 0.636. The lowest BCUT2D eigenvalue weighted by Crippen LogP contribution is -2.18. The van der Waals surface area contributed by atoms with Crippen molar-refractivity contribution in [3.8, 4) is 0 Å². The van der Waals surface area contributed by atoms with Crippen molar-refractivity contribution in [1.82, 2.24) is 0 Å². The third kappa shape index (κ3) is 3.93. The Morgan fingerprint density at radius 3 is 2.29 bits per heavy atom. The van der Waals surface area contributed by atoms with E-state index in [2.05, 4.69) is 44.2 Å². The first-order chi connectivity index (χ1) is 6.72. The number of nitrogens with two attached hydrogens (primary N) is 1. The molecule has 0 saturated heterocycles. The maximum Gasteiger partial charge on any atom is -0.00456 e. The van der Waals surface area contributed by atoms with Crippen LogP contribution in [0.25, 0.3) is 0 Å². The van der Waals surface area contributed by atoms with Gasteiger partial charge in [0.2, 0.25) is 0 Å². The summed E-state index contributed by atoms with van der Waals surface area (Å²) in [5, 5.41) is 0. The molecule has 1 aromatic carbocycles. The number of benzene rings is 1. The second-order valence-electron chi connectivity index (χ2n) is 4.42. The minimum Gasteiger partial charge on any atom is -0.330 e. The second kappa shape index (κ2) is 5.82. The molecule has 78 valence electrons. The molecule has 2 N–H and O–H groups in total. The Morgan fingerprint density at radius 1 is 1.14 bits per heavy atom. The summed E-state index contributed by atoms with van der Waals surface area (Å²) < 4.78 is 0. The maximum absolute atomic E-state index is 5.77. The molecule has 0 saturated carbocycles. The molecule has 0 radical (unpaired) electrons. The van der Waals surface area contributed by atoms with Gasteiger partial charge in [-0.3, -0.25) is 0 Å². The average Bonchev–Trinajstić information content (AvgIpc) is 2.17. The van der Waals surface area contributed by atoms with Gasteiger partial charge in [-0.25, -0.2) is 0 Å². The highest BCUT2D eigenvalue weighted by molar-refractivity contribution is 5.15. The summed E-state index contributed by atoms with van der Waals surface area (Å²) in [7, 11) is 0. The fraction of sp³-hybridized carbons (Fsp3) is 0.538. The summed E-state index contributed by atoms with van der Waals surface area (Å²) in [6.07, 6.45) is 2.35. The summed E-state index contributed by atoms with van der Waals surface area (Å²) in [5.74, 6) is 1.38. The van der Waals surface area contributed by atoms with Crippen LogP contribution in [0.15, 0.2) is 30.3 Å². The summed E-state index contributed by atoms with van der Waals surface area (Å²) in [4.78, 5) is 0. The van der Waals surface area contributed by atoms with E-state index in [1.165, 1.54) is 12.0 Å². The molecule has 1 atom stereocenters. The van der Waals surface area contributed by atoms with Gasteiger partial charge in [0.1, 0.15) is 0 Å². The van der Waals surface area contributed by atoms with Crippen LogP contribution in [-0.4, -0.2) is 6.54 Å². The molecule has 0 aliphatic carbocycles. The standard InChI is InChI=1S/C13H21N/c1-11(2)8-13(10-14)9-12-6-4-3-5-7-12/h3-7,11,13H,8-10,14H2,1-2H3/t13-/m1/s1. The van der Waals surface area contributed by atoms with Crippen molar-refractivity contribution in [3.05, 3.63) is 35.9 Å². The molecule has 1 heteroatoms. The van der Waals surface area contributed by atoms with Gasteiger partial charge in [0.05, 0.1) is 0 Å². The van der Waals surface area contributed by atoms with Crippen molar-refractivity contribution in [1.29, 1.82) is 0 Å². The van der Waals surface area contributed by atoms with Crippen LogP contribution in [0.1, 0.15) is 25.8 Å². The topological polar surface area (TPSA) is 26.0 Å². The molecule has 0 bridgehead atoms. The van der Waals surface area contributed by atoms with E-state index in [1.807, 2.05) is 0 Å². The van der Waals surface area contributed by atoms with E-state index in [-0.39, 0.29) is 0 Å². The highest BCUT2D eigenvalue weighted by Crippen LogP contribution is 2.15. The number of hydrogen-bond acceptors (Lipinski definition) is 1. The Morgan fingerprint density at radius 2 is 1.79 bits per heavy atom. The van der Waals surface area contributed by atoms with Crippen LogP contribution in [-0.2, 0) is 6.42 Å². The first-order valence-corrected chi connectivity index (χ1v) is 5.46. The Bertz CT molecular complexity index is 241. The molecule has 0 aromatic heterocycles. The van der Waals surface area contributed by atoms with Crippen LogP contribution < -0.4 is 5.73 Å². The minimum atomic E-state index is 0.636. The molecular weight excluding hydrogens is 170 g/mol. The average molecular weight is 191 g/mol. The van der Waals surface area contributed by atoms with Gasteiger partial charge in [0.15, 0.2) is 0 Å². The Hall–Kier alpha value is -0.820. The smallest absolute Gasteiger partial charge is 0.00456 e. The molecule has 0 aliphatic heterocycles. The highest BCUT2D eigenvalue weighted by atomic mass is 14.5. The van der Waals surface area contributed by atoms with Crippen LogP contribution >= 0.6 is 0 Å². The zero-order chi connectivity index (χ0) is 10.4. The lowest BCUT2D eigenvalue weighted by molar-refractivity contribution is 0.415. The molecule has 1 rings (SSSR count). The first kappa shape index (κ1) is 11.3. The Kier molecular flexibility index (Phi) is 4.68. The van der Waals surface area contributed by atoms with Gasteiger partial charge in [-0.2, -0.15) is 0 Å². The van der Waals surface area contributed by atoms with Gasteiger partial charge in [-0.15, -0.1) is 0 Å². The second-order valence-corrected chi connectivity index (χ2v) is 4.42. The van der Waals surface area contributed by atoms with E-state index in [9.17, 15) is 0 Å². The molecule has 0 spiro atoms. The summed E-state index contributed by atoms with van der Waals surface area (Å²) in [5.41, 5.74) is 7.18. The normalized spacial score (nSPS) is 13.1. The van der Waals surface area contributed by atoms with E-state index in [0.29, 0.717) is 5.92 Å². The third-order valence-electron chi connectivity index (χ3n) is 2.51. The summed E-state index contributed by atoms with van der Waals surface area (Å²) in [6.45, 7) is 5.31. The van der Waals surface area contributed by atoms with Gasteiger partial charge in [-0.1, -0.05) is 44.2 Å². The van der Waals surface area contributed by atoms with E-state index in [1.54, 1.807) is 0 Å². The highest BCUT2D eigenvalue weighted by Gasteiger charge is 2.09. The molecule has 1 nitrogen and oxygen atoms in total. The lowest BCUT2D eigenvalue weighted by Gasteiger charge is -2.16. The molecule has 0 heterocycles. The predicted octanol–water partition coefficient (Wildman–Crippen LogP) is 2.85.